The molecular formula is C25H27FN6O. The summed E-state index contributed by atoms with van der Waals surface area (Å²) in [5.41, 5.74) is 2.45. The number of hydrogen-bond donors (Lipinski definition) is 1. The number of carbonyl (C=O) groups excluding carboxylic acids is 1. The van der Waals surface area contributed by atoms with Crippen LogP contribution in [-0.2, 0) is 0 Å². The molecule has 2 aromatic heterocycles. The zero-order valence-corrected chi connectivity index (χ0v) is 18.9. The van der Waals surface area contributed by atoms with Crippen LogP contribution in [0.5, 0.6) is 0 Å². The molecule has 7 nitrogen and oxygen atoms in total. The number of aromatic nitrogens is 2. The molecule has 33 heavy (non-hydrogen) atoms. The molecule has 0 bridgehead atoms. The summed E-state index contributed by atoms with van der Waals surface area (Å²) in [5, 5.41) is 13.8. The van der Waals surface area contributed by atoms with E-state index in [2.05, 4.69) is 25.8 Å². The molecule has 8 heteroatoms. The third-order valence-electron chi connectivity index (χ3n) is 7.00. The van der Waals surface area contributed by atoms with Crippen molar-refractivity contribution in [1.29, 1.82) is 5.26 Å². The van der Waals surface area contributed by atoms with Gasteiger partial charge in [0.2, 0.25) is 0 Å². The van der Waals surface area contributed by atoms with Crippen LogP contribution in [-0.4, -0.2) is 54.6 Å². The minimum Gasteiger partial charge on any atom is -0.368 e. The van der Waals surface area contributed by atoms with Crippen LogP contribution < -0.4 is 15.1 Å². The molecule has 2 aliphatic rings. The van der Waals surface area contributed by atoms with Crippen molar-refractivity contribution in [2.75, 3.05) is 43.0 Å². The van der Waals surface area contributed by atoms with Crippen molar-refractivity contribution in [2.45, 2.75) is 31.8 Å². The molecule has 1 aliphatic carbocycles. The SMILES string of the molecule is CN[C@H]1C[C@H](n2cc(C#N)c3ccc(N4CCN(c5ccc(C(C)=O)c(F)c5)CC4)nc32)C1. The average molecular weight is 447 g/mol. The second-order valence-electron chi connectivity index (χ2n) is 8.91. The third kappa shape index (κ3) is 3.83. The maximum Gasteiger partial charge on any atom is 0.162 e. The Hall–Kier alpha value is -3.44. The highest BCUT2D eigenvalue weighted by Gasteiger charge is 2.31. The first-order chi connectivity index (χ1) is 16.0. The lowest BCUT2D eigenvalue weighted by Crippen LogP contribution is -2.47. The van der Waals surface area contributed by atoms with E-state index in [9.17, 15) is 14.4 Å². The summed E-state index contributed by atoms with van der Waals surface area (Å²) < 4.78 is 16.4. The van der Waals surface area contributed by atoms with Gasteiger partial charge in [-0.05, 0) is 57.1 Å². The molecule has 1 N–H and O–H groups in total. The third-order valence-corrected chi connectivity index (χ3v) is 7.00. The molecule has 0 spiro atoms. The van der Waals surface area contributed by atoms with E-state index in [1.54, 1.807) is 6.07 Å². The minimum absolute atomic E-state index is 0.127. The lowest BCUT2D eigenvalue weighted by Gasteiger charge is -2.37. The van der Waals surface area contributed by atoms with Crippen molar-refractivity contribution in [3.05, 3.63) is 53.5 Å². The molecule has 1 saturated carbocycles. The van der Waals surface area contributed by atoms with E-state index in [0.717, 1.165) is 61.6 Å². The normalized spacial score (nSPS) is 20.5. The van der Waals surface area contributed by atoms with Crippen LogP contribution in [0, 0.1) is 17.1 Å². The quantitative estimate of drug-likeness (QED) is 0.605. The van der Waals surface area contributed by atoms with Crippen LogP contribution in [0.3, 0.4) is 0 Å². The number of rotatable bonds is 5. The summed E-state index contributed by atoms with van der Waals surface area (Å²) in [6.07, 6.45) is 4.01. The van der Waals surface area contributed by atoms with Crippen molar-refractivity contribution in [2.24, 2.45) is 0 Å². The van der Waals surface area contributed by atoms with Crippen LogP contribution in [0.25, 0.3) is 11.0 Å². The van der Waals surface area contributed by atoms with E-state index in [4.69, 9.17) is 4.98 Å². The fourth-order valence-corrected chi connectivity index (χ4v) is 4.89. The van der Waals surface area contributed by atoms with Gasteiger partial charge >= 0.3 is 0 Å². The van der Waals surface area contributed by atoms with Gasteiger partial charge < -0.3 is 19.7 Å². The minimum atomic E-state index is -0.472. The van der Waals surface area contributed by atoms with Gasteiger partial charge in [0, 0.05) is 55.5 Å². The summed E-state index contributed by atoms with van der Waals surface area (Å²) in [6, 6.07) is 12.0. The predicted molar refractivity (Wildman–Crippen MR) is 126 cm³/mol. The number of pyridine rings is 1. The molecule has 0 unspecified atom stereocenters. The number of ketones is 1. The molecule has 5 rings (SSSR count). The Bertz CT molecular complexity index is 1250. The fraction of sp³-hybridized carbons (Fsp3) is 0.400. The number of nitrogens with zero attached hydrogens (tertiary/aromatic N) is 5. The molecule has 1 aliphatic heterocycles. The van der Waals surface area contributed by atoms with E-state index in [1.165, 1.54) is 13.0 Å². The Kier molecular flexibility index (Phi) is 5.51. The van der Waals surface area contributed by atoms with Crippen molar-refractivity contribution in [1.82, 2.24) is 14.9 Å². The number of anilines is 2. The highest BCUT2D eigenvalue weighted by atomic mass is 19.1. The first-order valence-corrected chi connectivity index (χ1v) is 11.4. The fourth-order valence-electron chi connectivity index (χ4n) is 4.89. The van der Waals surface area contributed by atoms with Gasteiger partial charge in [0.15, 0.2) is 5.78 Å². The van der Waals surface area contributed by atoms with E-state index in [1.807, 2.05) is 31.4 Å². The van der Waals surface area contributed by atoms with Gasteiger partial charge in [-0.1, -0.05) is 0 Å². The largest absolute Gasteiger partial charge is 0.368 e. The average Bonchev–Trinajstić information content (AvgIpc) is 3.16. The number of benzene rings is 1. The summed E-state index contributed by atoms with van der Waals surface area (Å²) in [7, 11) is 1.98. The van der Waals surface area contributed by atoms with Crippen molar-refractivity contribution < 1.29 is 9.18 Å². The Labute approximate surface area is 192 Å². The molecule has 0 radical (unpaired) electrons. The molecule has 170 valence electrons. The maximum atomic E-state index is 14.3. The van der Waals surface area contributed by atoms with E-state index in [0.29, 0.717) is 17.6 Å². The van der Waals surface area contributed by atoms with Gasteiger partial charge in [-0.3, -0.25) is 4.79 Å². The number of nitriles is 1. The number of nitrogens with one attached hydrogen (secondary N) is 1. The number of Topliss-reactive ketones (excluding diaryl/α,β-unsaturated/α-hetero) is 1. The first kappa shape index (κ1) is 21.4. The number of carbonyl (C=O) groups is 1. The molecule has 0 amide bonds. The Morgan fingerprint density at radius 3 is 2.52 bits per heavy atom. The standard InChI is InChI=1S/C25H27FN6O/c1-16(33)21-4-3-19(13-23(21)26)30-7-9-31(10-8-30)24-6-5-22-17(14-27)15-32(25(22)29-24)20-11-18(12-20)28-2/h3-6,13,15,18,20,28H,7-12H2,1-2H3/t18-,20-. The molecule has 0 atom stereocenters. The Morgan fingerprint density at radius 2 is 1.88 bits per heavy atom. The number of piperazine rings is 1. The van der Waals surface area contributed by atoms with E-state index < -0.39 is 5.82 Å². The van der Waals surface area contributed by atoms with Gasteiger partial charge in [-0.25, -0.2) is 9.37 Å². The highest BCUT2D eigenvalue weighted by Crippen LogP contribution is 2.36. The van der Waals surface area contributed by atoms with Crippen LogP contribution >= 0.6 is 0 Å². The van der Waals surface area contributed by atoms with Crippen LogP contribution in [0.2, 0.25) is 0 Å². The summed E-state index contributed by atoms with van der Waals surface area (Å²) in [4.78, 5) is 20.8. The van der Waals surface area contributed by atoms with Gasteiger partial charge in [0.1, 0.15) is 23.4 Å². The zero-order chi connectivity index (χ0) is 23.1. The molecule has 3 aromatic rings. The molecule has 1 aromatic carbocycles. The summed E-state index contributed by atoms with van der Waals surface area (Å²) >= 11 is 0. The van der Waals surface area contributed by atoms with E-state index >= 15 is 0 Å². The second kappa shape index (κ2) is 8.49. The zero-order valence-electron chi connectivity index (χ0n) is 18.9. The molecule has 1 saturated heterocycles. The monoisotopic (exact) mass is 446 g/mol. The van der Waals surface area contributed by atoms with Crippen molar-refractivity contribution in [3.8, 4) is 6.07 Å². The molecular weight excluding hydrogens is 419 g/mol. The first-order valence-electron chi connectivity index (χ1n) is 11.4. The number of hydrogen-bond acceptors (Lipinski definition) is 6. The van der Waals surface area contributed by atoms with Gasteiger partial charge in [-0.2, -0.15) is 5.26 Å². The Morgan fingerprint density at radius 1 is 1.15 bits per heavy atom. The van der Waals surface area contributed by atoms with Gasteiger partial charge in [0.25, 0.3) is 0 Å². The van der Waals surface area contributed by atoms with E-state index in [-0.39, 0.29) is 11.3 Å². The topological polar surface area (TPSA) is 77.2 Å². The van der Waals surface area contributed by atoms with Crippen molar-refractivity contribution in [3.63, 3.8) is 0 Å². The predicted octanol–water partition coefficient (Wildman–Crippen LogP) is 3.50. The lowest BCUT2D eigenvalue weighted by atomic mass is 9.87. The van der Waals surface area contributed by atoms with Gasteiger partial charge in [-0.15, -0.1) is 0 Å². The molecule has 3 heterocycles. The van der Waals surface area contributed by atoms with Crippen LogP contribution in [0.15, 0.2) is 36.5 Å². The highest BCUT2D eigenvalue weighted by molar-refractivity contribution is 5.94. The van der Waals surface area contributed by atoms with Crippen LogP contribution in [0.1, 0.15) is 41.7 Å². The summed E-state index contributed by atoms with van der Waals surface area (Å²) in [6.45, 7) is 4.35. The number of fused-ring (bicyclic) bond motifs is 1. The Balaban J connectivity index is 1.34. The molecule has 2 fully saturated rings. The van der Waals surface area contributed by atoms with Crippen molar-refractivity contribution >= 4 is 28.3 Å². The maximum absolute atomic E-state index is 14.3. The smallest absolute Gasteiger partial charge is 0.162 e. The lowest BCUT2D eigenvalue weighted by molar-refractivity contribution is 0.101. The van der Waals surface area contributed by atoms with Gasteiger partial charge in [0.05, 0.1) is 11.1 Å². The van der Waals surface area contributed by atoms with Crippen LogP contribution in [0.4, 0.5) is 15.9 Å². The summed E-state index contributed by atoms with van der Waals surface area (Å²) in [5.74, 6) is 0.159. The number of halogens is 1. The second-order valence-corrected chi connectivity index (χ2v) is 8.91.